The summed E-state index contributed by atoms with van der Waals surface area (Å²) in [7, 11) is 0. The molecule has 24 nitrogen and oxygen atoms in total. The Balaban J connectivity index is 1.20. The van der Waals surface area contributed by atoms with Crippen molar-refractivity contribution in [1.82, 2.24) is 10.3 Å². The zero-order chi connectivity index (χ0) is 49.7. The number of aromatic nitrogens is 2. The third kappa shape index (κ3) is 15.7. The molecule has 2 aliphatic heterocycles. The van der Waals surface area contributed by atoms with Crippen LogP contribution in [0.5, 0.6) is 0 Å². The van der Waals surface area contributed by atoms with Gasteiger partial charge in [-0.3, -0.25) is 38.4 Å². The summed E-state index contributed by atoms with van der Waals surface area (Å²) in [6.07, 6.45) is -12.8. The zero-order valence-electron chi connectivity index (χ0n) is 38.4. The lowest BCUT2D eigenvalue weighted by Gasteiger charge is -2.43. The molecule has 1 aromatic carbocycles. The lowest BCUT2D eigenvalue weighted by Crippen LogP contribution is -2.62. The lowest BCUT2D eigenvalue weighted by molar-refractivity contribution is -0.311. The van der Waals surface area contributed by atoms with E-state index in [2.05, 4.69) is 10.3 Å². The molecule has 0 N–H and O–H groups in total. The third-order valence-electron chi connectivity index (χ3n) is 9.69. The Morgan fingerprint density at radius 1 is 0.441 bits per heavy atom. The largest absolute Gasteiger partial charge is 0.463 e. The van der Waals surface area contributed by atoms with Crippen molar-refractivity contribution in [3.63, 3.8) is 0 Å². The molecular formula is C44H52N2O22. The van der Waals surface area contributed by atoms with Gasteiger partial charge in [0.1, 0.15) is 38.6 Å². The van der Waals surface area contributed by atoms with Crippen molar-refractivity contribution in [2.45, 2.75) is 143 Å². The van der Waals surface area contributed by atoms with Gasteiger partial charge in [0.15, 0.2) is 60.7 Å². The minimum atomic E-state index is -1.41. The normalized spacial score (nSPS) is 24.4. The molecule has 4 heterocycles. The maximum absolute atomic E-state index is 12.1. The molecule has 24 heteroatoms. The van der Waals surface area contributed by atoms with Crippen LogP contribution in [0.3, 0.4) is 0 Å². The Kier molecular flexibility index (Phi) is 18.7. The van der Waals surface area contributed by atoms with Crippen LogP contribution in [0.1, 0.15) is 89.4 Å². The summed E-state index contributed by atoms with van der Waals surface area (Å²) < 4.78 is 77.5. The van der Waals surface area contributed by atoms with Crippen molar-refractivity contribution < 1.29 is 104 Å². The van der Waals surface area contributed by atoms with Crippen LogP contribution >= 0.6 is 0 Å². The predicted octanol–water partition coefficient (Wildman–Crippen LogP) is 2.04. The first-order valence-corrected chi connectivity index (χ1v) is 21.1. The summed E-state index contributed by atoms with van der Waals surface area (Å²) in [5.41, 5.74) is 2.81. The number of ether oxygens (including phenoxy) is 12. The lowest BCUT2D eigenvalue weighted by atomic mass is 9.98. The van der Waals surface area contributed by atoms with E-state index in [1.165, 1.54) is 0 Å². The van der Waals surface area contributed by atoms with Gasteiger partial charge in [0.05, 0.1) is 11.4 Å². The first-order valence-electron chi connectivity index (χ1n) is 21.1. The number of esters is 8. The highest BCUT2D eigenvalue weighted by atomic mass is 16.8. The molecular weight excluding hydrogens is 908 g/mol. The van der Waals surface area contributed by atoms with E-state index in [1.807, 2.05) is 24.3 Å². The average molecular weight is 961 g/mol. The third-order valence-corrected chi connectivity index (χ3v) is 9.69. The highest BCUT2D eigenvalue weighted by Gasteiger charge is 2.54. The van der Waals surface area contributed by atoms with Gasteiger partial charge in [-0.15, -0.1) is 0 Å². The van der Waals surface area contributed by atoms with Gasteiger partial charge < -0.3 is 65.9 Å². The number of carbonyl (C=O) groups is 8. The fourth-order valence-corrected chi connectivity index (χ4v) is 7.18. The molecule has 0 unspecified atom stereocenters. The Bertz CT molecular complexity index is 2100. The molecule has 370 valence electrons. The van der Waals surface area contributed by atoms with Crippen LogP contribution in [0, 0.1) is 0 Å². The quantitative estimate of drug-likeness (QED) is 0.116. The fraction of sp³-hybridized carbons (Fsp3) is 0.545. The van der Waals surface area contributed by atoms with E-state index in [0.717, 1.165) is 66.5 Å². The van der Waals surface area contributed by atoms with E-state index >= 15 is 0 Å². The standard InChI is InChI=1S/C44H52N2O22/c1-21(47)55-19-35-37(59-23(3)49)39(61-25(5)51)41(63-27(7)53)43(65-35)57-17-33-15-31(45-67-33)13-29-9-11-30(12-10-29)14-32-16-34(68-46-32)18-58-44-42(64-28(8)54)40(62-26(6)52)38(60-24(4)50)36(66-44)20-56-22(2)48/h9-12,15-16,35-44H,13-14,17-20H2,1-8H3/t35-,36-,37-,38-,39+,40+,41-,42-,43-,44-/m1/s1. The molecule has 2 fully saturated rings. The number of hydrogen-bond donors (Lipinski definition) is 0. The molecule has 68 heavy (non-hydrogen) atoms. The molecule has 0 spiro atoms. The van der Waals surface area contributed by atoms with Gasteiger partial charge in [0.25, 0.3) is 0 Å². The molecule has 0 radical (unpaired) electrons. The number of nitrogens with zero attached hydrogens (tertiary/aromatic N) is 2. The van der Waals surface area contributed by atoms with Gasteiger partial charge in [-0.05, 0) is 11.1 Å². The van der Waals surface area contributed by atoms with Crippen molar-refractivity contribution in [3.8, 4) is 0 Å². The second-order valence-electron chi connectivity index (χ2n) is 15.5. The van der Waals surface area contributed by atoms with Crippen LogP contribution < -0.4 is 0 Å². The second kappa shape index (κ2) is 24.3. The summed E-state index contributed by atoms with van der Waals surface area (Å²) >= 11 is 0. The zero-order valence-corrected chi connectivity index (χ0v) is 38.4. The Labute approximate surface area is 388 Å². The topological polar surface area (TPSA) is 299 Å². The number of carbonyl (C=O) groups excluding carboxylic acids is 8. The Hall–Kier alpha value is -6.76. The molecule has 2 saturated heterocycles. The van der Waals surface area contributed by atoms with E-state index in [1.54, 1.807) is 12.1 Å². The number of hydrogen-bond acceptors (Lipinski definition) is 24. The molecule has 10 atom stereocenters. The molecule has 3 aromatic rings. The van der Waals surface area contributed by atoms with Crippen LogP contribution in [0.15, 0.2) is 45.4 Å². The van der Waals surface area contributed by atoms with Crippen molar-refractivity contribution >= 4 is 47.8 Å². The second-order valence-corrected chi connectivity index (χ2v) is 15.5. The molecule has 0 saturated carbocycles. The highest BCUT2D eigenvalue weighted by molar-refractivity contribution is 5.70. The predicted molar refractivity (Wildman–Crippen MR) is 219 cm³/mol. The van der Waals surface area contributed by atoms with Gasteiger partial charge >= 0.3 is 47.8 Å². The molecule has 5 rings (SSSR count). The maximum atomic E-state index is 12.1. The first-order chi connectivity index (χ1) is 32.2. The molecule has 0 bridgehead atoms. The smallest absolute Gasteiger partial charge is 0.303 e. The Morgan fingerprint density at radius 3 is 1.06 bits per heavy atom. The van der Waals surface area contributed by atoms with E-state index in [-0.39, 0.29) is 24.7 Å². The summed E-state index contributed by atoms with van der Waals surface area (Å²) in [5, 5.41) is 8.25. The fourth-order valence-electron chi connectivity index (χ4n) is 7.18. The van der Waals surface area contributed by atoms with Gasteiger partial charge in [0.2, 0.25) is 0 Å². The van der Waals surface area contributed by atoms with E-state index in [9.17, 15) is 38.4 Å². The summed E-state index contributed by atoms with van der Waals surface area (Å²) in [6.45, 7) is 7.68. The number of rotatable bonds is 20. The summed E-state index contributed by atoms with van der Waals surface area (Å²) in [5.74, 6) is -5.46. The van der Waals surface area contributed by atoms with Gasteiger partial charge in [-0.1, -0.05) is 34.6 Å². The SMILES string of the molecule is CC(=O)OC[C@H]1O[C@@H](OCc2cc(Cc3ccc(Cc4cc(CO[C@@H]5O[C@H](COC(C)=O)[C@@H](OC(C)=O)[C@H](OC(C)=O)[C@H]5OC(C)=O)on4)cc3)no2)[C@H](OC(C)=O)[C@@H](OC(C)=O)[C@@H]1OC(C)=O. The van der Waals surface area contributed by atoms with Gasteiger partial charge in [-0.2, -0.15) is 0 Å². The van der Waals surface area contributed by atoms with Crippen LogP contribution in [0.25, 0.3) is 0 Å². The van der Waals surface area contributed by atoms with E-state index < -0.39 is 122 Å². The van der Waals surface area contributed by atoms with Crippen molar-refractivity contribution in [2.24, 2.45) is 0 Å². The van der Waals surface area contributed by atoms with E-state index in [0.29, 0.717) is 24.2 Å². The molecule has 2 aromatic heterocycles. The Morgan fingerprint density at radius 2 is 0.750 bits per heavy atom. The number of benzene rings is 1. The van der Waals surface area contributed by atoms with Crippen molar-refractivity contribution in [1.29, 1.82) is 0 Å². The van der Waals surface area contributed by atoms with E-state index in [4.69, 9.17) is 65.9 Å². The summed E-state index contributed by atoms with van der Waals surface area (Å²) in [4.78, 5) is 95.9. The first kappa shape index (κ1) is 52.2. The van der Waals surface area contributed by atoms with Crippen LogP contribution in [-0.4, -0.2) is 133 Å². The molecule has 2 aliphatic rings. The van der Waals surface area contributed by atoms with Crippen molar-refractivity contribution in [3.05, 3.63) is 70.4 Å². The van der Waals surface area contributed by atoms with Crippen LogP contribution in [0.4, 0.5) is 0 Å². The maximum Gasteiger partial charge on any atom is 0.303 e. The molecule has 0 aliphatic carbocycles. The monoisotopic (exact) mass is 960 g/mol. The highest BCUT2D eigenvalue weighted by Crippen LogP contribution is 2.32. The van der Waals surface area contributed by atoms with Crippen molar-refractivity contribution in [2.75, 3.05) is 13.2 Å². The minimum Gasteiger partial charge on any atom is -0.463 e. The average Bonchev–Trinajstić information content (AvgIpc) is 3.90. The van der Waals surface area contributed by atoms with Gasteiger partial charge in [-0.25, -0.2) is 0 Å². The van der Waals surface area contributed by atoms with Crippen LogP contribution in [-0.2, 0) is 121 Å². The molecule has 0 amide bonds. The minimum absolute atomic E-state index is 0.254. The van der Waals surface area contributed by atoms with Gasteiger partial charge in [0, 0.05) is 80.4 Å². The summed E-state index contributed by atoms with van der Waals surface area (Å²) in [6, 6.07) is 10.8. The van der Waals surface area contributed by atoms with Crippen LogP contribution in [0.2, 0.25) is 0 Å².